The van der Waals surface area contributed by atoms with Crippen LogP contribution in [0.3, 0.4) is 0 Å². The maximum Gasteiger partial charge on any atom is 0.321 e. The molecule has 5 nitrogen and oxygen atoms in total. The summed E-state index contributed by atoms with van der Waals surface area (Å²) in [6.07, 6.45) is 0. The van der Waals surface area contributed by atoms with Crippen LogP contribution in [0, 0.1) is 5.82 Å². The molecule has 0 aromatic heterocycles. The zero-order chi connectivity index (χ0) is 19.4. The van der Waals surface area contributed by atoms with Crippen molar-refractivity contribution < 1.29 is 23.8 Å². The fraction of sp³-hybridized carbons (Fsp3) is 0.316. The van der Waals surface area contributed by atoms with Gasteiger partial charge in [0.05, 0.1) is 17.0 Å². The zero-order valence-electron chi connectivity index (χ0n) is 14.6. The molecule has 1 aliphatic heterocycles. The van der Waals surface area contributed by atoms with Crippen molar-refractivity contribution in [2.75, 3.05) is 12.4 Å². The fourth-order valence-electron chi connectivity index (χ4n) is 2.71. The van der Waals surface area contributed by atoms with Crippen molar-refractivity contribution in [2.24, 2.45) is 0 Å². The summed E-state index contributed by atoms with van der Waals surface area (Å²) in [7, 11) is 0. The smallest absolute Gasteiger partial charge is 0.321 e. The van der Waals surface area contributed by atoms with Gasteiger partial charge >= 0.3 is 5.97 Å². The van der Waals surface area contributed by atoms with Crippen LogP contribution in [-0.2, 0) is 11.4 Å². The van der Waals surface area contributed by atoms with E-state index >= 15 is 0 Å². The highest BCUT2D eigenvalue weighted by Gasteiger charge is 2.31. The second-order valence-electron chi connectivity index (χ2n) is 5.91. The molecule has 0 spiro atoms. The molecule has 0 saturated carbocycles. The first-order valence-corrected chi connectivity index (χ1v) is 9.85. The first-order chi connectivity index (χ1) is 13.0. The third kappa shape index (κ3) is 4.66. The van der Waals surface area contributed by atoms with Crippen LogP contribution in [-0.4, -0.2) is 29.5 Å². The molecule has 0 aliphatic carbocycles. The third-order valence-corrected chi connectivity index (χ3v) is 5.59. The van der Waals surface area contributed by atoms with Crippen molar-refractivity contribution in [3.63, 3.8) is 0 Å². The molecule has 2 unspecified atom stereocenters. The lowest BCUT2D eigenvalue weighted by atomic mass is 10.1. The number of thioether (sulfide) groups is 1. The van der Waals surface area contributed by atoms with Crippen molar-refractivity contribution >= 4 is 29.3 Å². The molecule has 27 heavy (non-hydrogen) atoms. The number of benzene rings is 2. The average Bonchev–Trinajstić information content (AvgIpc) is 3.13. The van der Waals surface area contributed by atoms with Gasteiger partial charge in [0.15, 0.2) is 11.5 Å². The van der Waals surface area contributed by atoms with Gasteiger partial charge in [0.25, 0.3) is 0 Å². The summed E-state index contributed by atoms with van der Waals surface area (Å²) in [5.41, 5.74) is 1.22. The molecule has 2 atom stereocenters. The molecule has 8 heteroatoms. The van der Waals surface area contributed by atoms with E-state index in [1.54, 1.807) is 30.3 Å². The molecule has 2 aromatic carbocycles. The molecular weight excluding hydrogens is 393 g/mol. The Balaban J connectivity index is 1.82. The molecule has 0 radical (unpaired) electrons. The molecule has 0 bridgehead atoms. The lowest BCUT2D eigenvalue weighted by Gasteiger charge is -2.18. The van der Waals surface area contributed by atoms with Crippen molar-refractivity contribution in [1.29, 1.82) is 0 Å². The minimum atomic E-state index is -0.883. The van der Waals surface area contributed by atoms with Gasteiger partial charge in [-0.05, 0) is 30.7 Å². The van der Waals surface area contributed by atoms with E-state index in [-0.39, 0.29) is 17.8 Å². The first-order valence-electron chi connectivity index (χ1n) is 8.42. The van der Waals surface area contributed by atoms with Crippen molar-refractivity contribution in [2.45, 2.75) is 24.9 Å². The molecule has 1 heterocycles. The van der Waals surface area contributed by atoms with E-state index in [1.807, 2.05) is 6.92 Å². The van der Waals surface area contributed by atoms with Crippen LogP contribution in [0.4, 0.5) is 4.39 Å². The summed E-state index contributed by atoms with van der Waals surface area (Å²) < 4.78 is 25.2. The second kappa shape index (κ2) is 8.82. The number of ether oxygens (including phenoxy) is 2. The summed E-state index contributed by atoms with van der Waals surface area (Å²) in [4.78, 5) is 11.1. The Labute approximate surface area is 165 Å². The fourth-order valence-corrected chi connectivity index (χ4v) is 4.20. The second-order valence-corrected chi connectivity index (χ2v) is 7.46. The van der Waals surface area contributed by atoms with E-state index in [2.05, 4.69) is 5.32 Å². The number of rotatable bonds is 7. The van der Waals surface area contributed by atoms with E-state index in [0.717, 1.165) is 5.56 Å². The molecule has 144 valence electrons. The Morgan fingerprint density at radius 1 is 1.37 bits per heavy atom. The maximum absolute atomic E-state index is 13.8. The van der Waals surface area contributed by atoms with Gasteiger partial charge in [-0.1, -0.05) is 29.8 Å². The maximum atomic E-state index is 13.8. The minimum absolute atomic E-state index is 0.0172. The topological polar surface area (TPSA) is 67.8 Å². The quantitative estimate of drug-likeness (QED) is 0.710. The van der Waals surface area contributed by atoms with Crippen LogP contribution in [0.15, 0.2) is 36.4 Å². The normalized spacial score (nSPS) is 19.1. The summed E-state index contributed by atoms with van der Waals surface area (Å²) >= 11 is 7.89. The summed E-state index contributed by atoms with van der Waals surface area (Å²) in [5, 5.41) is 12.3. The van der Waals surface area contributed by atoms with E-state index in [4.69, 9.17) is 26.2 Å². The van der Waals surface area contributed by atoms with E-state index in [9.17, 15) is 9.18 Å². The monoisotopic (exact) mass is 411 g/mol. The number of carbonyl (C=O) groups is 1. The number of carboxylic acids is 1. The Morgan fingerprint density at radius 3 is 2.81 bits per heavy atom. The number of halogens is 2. The Kier molecular flexibility index (Phi) is 6.46. The predicted octanol–water partition coefficient (Wildman–Crippen LogP) is 4.25. The Morgan fingerprint density at radius 2 is 2.15 bits per heavy atom. The van der Waals surface area contributed by atoms with Crippen LogP contribution in [0.2, 0.25) is 5.02 Å². The summed E-state index contributed by atoms with van der Waals surface area (Å²) in [6.45, 7) is 2.26. The standard InChI is InChI=1S/C19H19ClFNO4S/c1-2-25-16-8-12(18-22-15(10-27-18)19(23)24)7-13(20)17(16)26-9-11-5-3-4-6-14(11)21/h3-8,15,18,22H,2,9-10H2,1H3,(H,23,24). The SMILES string of the molecule is CCOc1cc(C2NC(C(=O)O)CS2)cc(Cl)c1OCc1ccccc1F. The Hall–Kier alpha value is -1.96. The van der Waals surface area contributed by atoms with E-state index < -0.39 is 12.0 Å². The van der Waals surface area contributed by atoms with Gasteiger partial charge in [-0.15, -0.1) is 11.8 Å². The number of hydrogen-bond donors (Lipinski definition) is 2. The van der Waals surface area contributed by atoms with E-state index in [0.29, 0.717) is 34.4 Å². The van der Waals surface area contributed by atoms with Gasteiger partial charge in [-0.2, -0.15) is 0 Å². The largest absolute Gasteiger partial charge is 0.490 e. The lowest BCUT2D eigenvalue weighted by Crippen LogP contribution is -2.33. The van der Waals surface area contributed by atoms with Gasteiger partial charge < -0.3 is 14.6 Å². The molecule has 1 saturated heterocycles. The van der Waals surface area contributed by atoms with Crippen LogP contribution in [0.5, 0.6) is 11.5 Å². The molecule has 2 N–H and O–H groups in total. The van der Waals surface area contributed by atoms with Crippen molar-refractivity contribution in [3.05, 3.63) is 58.4 Å². The highest BCUT2D eigenvalue weighted by atomic mass is 35.5. The van der Waals surface area contributed by atoms with E-state index in [1.165, 1.54) is 17.8 Å². The van der Waals surface area contributed by atoms with Crippen LogP contribution in [0.25, 0.3) is 0 Å². The van der Waals surface area contributed by atoms with Crippen LogP contribution < -0.4 is 14.8 Å². The van der Waals surface area contributed by atoms with Gasteiger partial charge in [0, 0.05) is 11.3 Å². The van der Waals surface area contributed by atoms with Gasteiger partial charge in [0.2, 0.25) is 0 Å². The number of nitrogens with one attached hydrogen (secondary N) is 1. The molecule has 2 aromatic rings. The summed E-state index contributed by atoms with van der Waals surface area (Å²) in [6, 6.07) is 9.25. The van der Waals surface area contributed by atoms with Gasteiger partial charge in [-0.25, -0.2) is 4.39 Å². The Bertz CT molecular complexity index is 835. The number of hydrogen-bond acceptors (Lipinski definition) is 5. The molecular formula is C19H19ClFNO4S. The molecule has 3 rings (SSSR count). The number of aliphatic carboxylic acids is 1. The highest BCUT2D eigenvalue weighted by molar-refractivity contribution is 7.99. The number of carboxylic acid groups (broad SMARTS) is 1. The predicted molar refractivity (Wildman–Crippen MR) is 103 cm³/mol. The molecule has 1 aliphatic rings. The molecule has 1 fully saturated rings. The van der Waals surface area contributed by atoms with Crippen molar-refractivity contribution in [3.8, 4) is 11.5 Å². The van der Waals surface area contributed by atoms with Crippen molar-refractivity contribution in [1.82, 2.24) is 5.32 Å². The third-order valence-electron chi connectivity index (χ3n) is 4.04. The minimum Gasteiger partial charge on any atom is -0.490 e. The lowest BCUT2D eigenvalue weighted by molar-refractivity contribution is -0.138. The van der Waals surface area contributed by atoms with Crippen LogP contribution >= 0.6 is 23.4 Å². The highest BCUT2D eigenvalue weighted by Crippen LogP contribution is 2.42. The van der Waals surface area contributed by atoms with Gasteiger partial charge in [-0.3, -0.25) is 10.1 Å². The zero-order valence-corrected chi connectivity index (χ0v) is 16.1. The molecule has 0 amide bonds. The first kappa shape index (κ1) is 19.8. The summed E-state index contributed by atoms with van der Waals surface area (Å²) in [5.74, 6) is 0.00823. The average molecular weight is 412 g/mol. The van der Waals surface area contributed by atoms with Crippen LogP contribution in [0.1, 0.15) is 23.4 Å². The van der Waals surface area contributed by atoms with Gasteiger partial charge in [0.1, 0.15) is 18.5 Å².